The van der Waals surface area contributed by atoms with Crippen molar-refractivity contribution in [2.24, 2.45) is 0 Å². The smallest absolute Gasteiger partial charge is 0.161 e. The molecule has 94 valence electrons. The van der Waals surface area contributed by atoms with Gasteiger partial charge in [0.1, 0.15) is 6.10 Å². The molecular formula is C14H20O3. The number of aliphatic hydroxyl groups excluding tert-OH is 1. The van der Waals surface area contributed by atoms with Gasteiger partial charge in [-0.15, -0.1) is 0 Å². The zero-order chi connectivity index (χ0) is 12.1. The largest absolute Gasteiger partial charge is 0.493 e. The average molecular weight is 236 g/mol. The Morgan fingerprint density at radius 2 is 1.76 bits per heavy atom. The summed E-state index contributed by atoms with van der Waals surface area (Å²) in [5, 5.41) is 10.0. The van der Waals surface area contributed by atoms with E-state index in [2.05, 4.69) is 0 Å². The summed E-state index contributed by atoms with van der Waals surface area (Å²) in [6.07, 6.45) is 4.68. The number of hydrogen-bond donors (Lipinski definition) is 1. The van der Waals surface area contributed by atoms with Crippen molar-refractivity contribution in [1.29, 1.82) is 0 Å². The van der Waals surface area contributed by atoms with Gasteiger partial charge in [-0.2, -0.15) is 0 Å². The van der Waals surface area contributed by atoms with Crippen LogP contribution >= 0.6 is 0 Å². The molecule has 1 fully saturated rings. The molecule has 0 aromatic heterocycles. The minimum absolute atomic E-state index is 0.103. The van der Waals surface area contributed by atoms with Gasteiger partial charge >= 0.3 is 0 Å². The summed E-state index contributed by atoms with van der Waals surface area (Å²) in [4.78, 5) is 0. The number of para-hydroxylation sites is 2. The second kappa shape index (κ2) is 5.92. The summed E-state index contributed by atoms with van der Waals surface area (Å²) in [5.41, 5.74) is 0. The van der Waals surface area contributed by atoms with Crippen molar-refractivity contribution in [3.8, 4) is 11.5 Å². The number of benzene rings is 1. The van der Waals surface area contributed by atoms with Crippen LogP contribution in [0.3, 0.4) is 0 Å². The summed E-state index contributed by atoms with van der Waals surface area (Å²) in [6.45, 7) is 0. The standard InChI is InChI=1S/C14H20O3/c1-16-13-9-5-6-10-14(13)17-12-8-4-2-3-7-11(12)15/h5-6,9-12,15H,2-4,7-8H2,1H3. The highest BCUT2D eigenvalue weighted by Gasteiger charge is 2.24. The SMILES string of the molecule is COc1ccccc1OC1CCCCCC1O. The number of aliphatic hydroxyl groups is 1. The topological polar surface area (TPSA) is 38.7 Å². The highest BCUT2D eigenvalue weighted by molar-refractivity contribution is 5.39. The fourth-order valence-corrected chi connectivity index (χ4v) is 2.27. The molecule has 0 radical (unpaired) electrons. The second-order valence-electron chi connectivity index (χ2n) is 4.51. The number of methoxy groups -OCH3 is 1. The predicted octanol–water partition coefficient (Wildman–Crippen LogP) is 2.77. The van der Waals surface area contributed by atoms with Crippen LogP contribution in [-0.4, -0.2) is 24.4 Å². The molecule has 1 aliphatic rings. The van der Waals surface area contributed by atoms with Gasteiger partial charge in [-0.3, -0.25) is 0 Å². The van der Waals surface area contributed by atoms with Gasteiger partial charge in [0.25, 0.3) is 0 Å². The normalized spacial score (nSPS) is 25.1. The highest BCUT2D eigenvalue weighted by Crippen LogP contribution is 2.30. The average Bonchev–Trinajstić information content (AvgIpc) is 2.56. The predicted molar refractivity (Wildman–Crippen MR) is 66.5 cm³/mol. The maximum absolute atomic E-state index is 10.0. The van der Waals surface area contributed by atoms with Gasteiger partial charge in [-0.05, 0) is 31.4 Å². The molecule has 1 aromatic rings. The molecular weight excluding hydrogens is 216 g/mol. The van der Waals surface area contributed by atoms with E-state index in [4.69, 9.17) is 9.47 Å². The molecule has 1 N–H and O–H groups in total. The minimum Gasteiger partial charge on any atom is -0.493 e. The Morgan fingerprint density at radius 1 is 1.06 bits per heavy atom. The van der Waals surface area contributed by atoms with Gasteiger partial charge in [-0.1, -0.05) is 25.0 Å². The maximum Gasteiger partial charge on any atom is 0.161 e. The van der Waals surface area contributed by atoms with Crippen LogP contribution in [0.15, 0.2) is 24.3 Å². The first-order valence-corrected chi connectivity index (χ1v) is 6.29. The molecule has 0 heterocycles. The Kier molecular flexibility index (Phi) is 4.26. The molecule has 0 aliphatic heterocycles. The summed E-state index contributed by atoms with van der Waals surface area (Å²) in [5.74, 6) is 1.45. The van der Waals surface area contributed by atoms with Gasteiger partial charge < -0.3 is 14.6 Å². The monoisotopic (exact) mass is 236 g/mol. The van der Waals surface area contributed by atoms with Crippen LogP contribution in [0.5, 0.6) is 11.5 Å². The van der Waals surface area contributed by atoms with Crippen molar-refractivity contribution in [2.75, 3.05) is 7.11 Å². The zero-order valence-corrected chi connectivity index (χ0v) is 10.3. The molecule has 1 saturated carbocycles. The summed E-state index contributed by atoms with van der Waals surface area (Å²) < 4.78 is 11.1. The Labute approximate surface area is 102 Å². The molecule has 3 nitrogen and oxygen atoms in total. The van der Waals surface area contributed by atoms with E-state index in [0.717, 1.165) is 37.2 Å². The molecule has 0 bridgehead atoms. The Bertz CT molecular complexity index is 351. The van der Waals surface area contributed by atoms with Crippen molar-refractivity contribution < 1.29 is 14.6 Å². The Balaban J connectivity index is 2.07. The summed E-state index contributed by atoms with van der Waals surface area (Å²) in [6, 6.07) is 7.59. The first kappa shape index (κ1) is 12.2. The van der Waals surface area contributed by atoms with E-state index in [1.807, 2.05) is 24.3 Å². The van der Waals surface area contributed by atoms with E-state index in [-0.39, 0.29) is 12.2 Å². The minimum atomic E-state index is -0.359. The van der Waals surface area contributed by atoms with E-state index < -0.39 is 0 Å². The van der Waals surface area contributed by atoms with Gasteiger partial charge in [0.15, 0.2) is 11.5 Å². The first-order chi connectivity index (χ1) is 8.31. The van der Waals surface area contributed by atoms with E-state index in [0.29, 0.717) is 0 Å². The van der Waals surface area contributed by atoms with Crippen molar-refractivity contribution in [3.05, 3.63) is 24.3 Å². The molecule has 17 heavy (non-hydrogen) atoms. The van der Waals surface area contributed by atoms with Crippen LogP contribution in [0.4, 0.5) is 0 Å². The van der Waals surface area contributed by atoms with Crippen LogP contribution in [0.2, 0.25) is 0 Å². The van der Waals surface area contributed by atoms with E-state index in [9.17, 15) is 5.11 Å². The lowest BCUT2D eigenvalue weighted by molar-refractivity contribution is 0.0305. The van der Waals surface area contributed by atoms with Crippen LogP contribution in [0, 0.1) is 0 Å². The van der Waals surface area contributed by atoms with Gasteiger partial charge in [0.05, 0.1) is 13.2 Å². The third-order valence-electron chi connectivity index (χ3n) is 3.27. The molecule has 2 unspecified atom stereocenters. The molecule has 3 heteroatoms. The molecule has 0 saturated heterocycles. The van der Waals surface area contributed by atoms with Gasteiger partial charge in [-0.25, -0.2) is 0 Å². The number of rotatable bonds is 3. The van der Waals surface area contributed by atoms with Crippen molar-refractivity contribution in [3.63, 3.8) is 0 Å². The fourth-order valence-electron chi connectivity index (χ4n) is 2.27. The van der Waals surface area contributed by atoms with E-state index in [1.54, 1.807) is 7.11 Å². The zero-order valence-electron chi connectivity index (χ0n) is 10.3. The van der Waals surface area contributed by atoms with Crippen molar-refractivity contribution >= 4 is 0 Å². The molecule has 2 atom stereocenters. The van der Waals surface area contributed by atoms with E-state index >= 15 is 0 Å². The van der Waals surface area contributed by atoms with E-state index in [1.165, 1.54) is 6.42 Å². The van der Waals surface area contributed by atoms with Crippen LogP contribution in [0.1, 0.15) is 32.1 Å². The second-order valence-corrected chi connectivity index (χ2v) is 4.51. The van der Waals surface area contributed by atoms with Crippen molar-refractivity contribution in [2.45, 2.75) is 44.3 Å². The molecule has 2 rings (SSSR count). The van der Waals surface area contributed by atoms with Gasteiger partial charge in [0.2, 0.25) is 0 Å². The molecule has 0 amide bonds. The molecule has 1 aliphatic carbocycles. The van der Waals surface area contributed by atoms with Crippen LogP contribution in [0.25, 0.3) is 0 Å². The quantitative estimate of drug-likeness (QED) is 0.820. The number of hydrogen-bond acceptors (Lipinski definition) is 3. The lowest BCUT2D eigenvalue weighted by Gasteiger charge is -2.23. The van der Waals surface area contributed by atoms with Crippen molar-refractivity contribution in [1.82, 2.24) is 0 Å². The Morgan fingerprint density at radius 3 is 2.53 bits per heavy atom. The third-order valence-corrected chi connectivity index (χ3v) is 3.27. The third kappa shape index (κ3) is 3.13. The Hall–Kier alpha value is -1.22. The summed E-state index contributed by atoms with van der Waals surface area (Å²) in [7, 11) is 1.63. The summed E-state index contributed by atoms with van der Waals surface area (Å²) >= 11 is 0. The lowest BCUT2D eigenvalue weighted by Crippen LogP contribution is -2.30. The fraction of sp³-hybridized carbons (Fsp3) is 0.571. The van der Waals surface area contributed by atoms with Crippen LogP contribution < -0.4 is 9.47 Å². The lowest BCUT2D eigenvalue weighted by atomic mass is 10.1. The van der Waals surface area contributed by atoms with Crippen LogP contribution in [-0.2, 0) is 0 Å². The molecule has 1 aromatic carbocycles. The molecule has 0 spiro atoms. The number of ether oxygens (including phenoxy) is 2. The highest BCUT2D eigenvalue weighted by atomic mass is 16.5. The first-order valence-electron chi connectivity index (χ1n) is 6.29. The maximum atomic E-state index is 10.0. The van der Waals surface area contributed by atoms with Gasteiger partial charge in [0, 0.05) is 0 Å².